The number of imidazole rings is 1. The van der Waals surface area contributed by atoms with Crippen molar-refractivity contribution in [3.63, 3.8) is 0 Å². The van der Waals surface area contributed by atoms with Gasteiger partial charge >= 0.3 is 0 Å². The monoisotopic (exact) mass is 427 g/mol. The molecule has 162 valence electrons. The van der Waals surface area contributed by atoms with Crippen molar-refractivity contribution in [1.82, 2.24) is 24.2 Å². The third-order valence-corrected chi connectivity index (χ3v) is 6.45. The molecule has 0 amide bonds. The lowest BCUT2D eigenvalue weighted by Crippen LogP contribution is -2.46. The molecule has 4 aromatic rings. The predicted molar refractivity (Wildman–Crippen MR) is 122 cm³/mol. The number of fused-ring (bicyclic) bond motifs is 2. The molecule has 0 bridgehead atoms. The Morgan fingerprint density at radius 2 is 1.97 bits per heavy atom. The van der Waals surface area contributed by atoms with Gasteiger partial charge in [-0.2, -0.15) is 0 Å². The third kappa shape index (κ3) is 3.49. The van der Waals surface area contributed by atoms with Crippen LogP contribution in [0.2, 0.25) is 0 Å². The molecule has 0 spiro atoms. The van der Waals surface area contributed by atoms with Crippen molar-refractivity contribution >= 4 is 5.52 Å². The number of hydrogen-bond acceptors (Lipinski definition) is 6. The third-order valence-electron chi connectivity index (χ3n) is 6.45. The van der Waals surface area contributed by atoms with Gasteiger partial charge in [0, 0.05) is 50.3 Å². The molecule has 6 rings (SSSR count). The molecule has 2 aliphatic heterocycles. The van der Waals surface area contributed by atoms with E-state index in [0.29, 0.717) is 6.79 Å². The Labute approximate surface area is 186 Å². The number of aromatic nitrogens is 3. The van der Waals surface area contributed by atoms with Gasteiger partial charge in [-0.3, -0.25) is 14.8 Å². The minimum atomic E-state index is 0.243. The van der Waals surface area contributed by atoms with E-state index in [2.05, 4.69) is 62.8 Å². The average Bonchev–Trinajstić information content (AvgIpc) is 3.47. The van der Waals surface area contributed by atoms with Crippen molar-refractivity contribution in [2.45, 2.75) is 12.6 Å². The van der Waals surface area contributed by atoms with E-state index in [1.807, 2.05) is 24.7 Å². The first-order chi connectivity index (χ1) is 15.7. The van der Waals surface area contributed by atoms with E-state index in [1.54, 1.807) is 6.20 Å². The van der Waals surface area contributed by atoms with Gasteiger partial charge in [0.25, 0.3) is 0 Å². The molecular weight excluding hydrogens is 402 g/mol. The Bertz CT molecular complexity index is 1260. The maximum absolute atomic E-state index is 5.55. The summed E-state index contributed by atoms with van der Waals surface area (Å²) in [6, 6.07) is 14.9. The van der Waals surface area contributed by atoms with Crippen molar-refractivity contribution in [1.29, 1.82) is 0 Å². The molecule has 1 saturated heterocycles. The van der Waals surface area contributed by atoms with Crippen LogP contribution in [-0.2, 0) is 6.54 Å². The van der Waals surface area contributed by atoms with Crippen molar-refractivity contribution in [3.05, 3.63) is 78.6 Å². The van der Waals surface area contributed by atoms with Gasteiger partial charge in [-0.1, -0.05) is 18.2 Å². The zero-order valence-corrected chi connectivity index (χ0v) is 18.0. The van der Waals surface area contributed by atoms with Crippen LogP contribution in [-0.4, -0.2) is 57.6 Å². The summed E-state index contributed by atoms with van der Waals surface area (Å²) in [5.41, 5.74) is 5.76. The number of piperazine rings is 1. The van der Waals surface area contributed by atoms with Gasteiger partial charge in [-0.15, -0.1) is 0 Å². The van der Waals surface area contributed by atoms with Gasteiger partial charge in [-0.05, 0) is 42.4 Å². The number of benzene rings is 1. The van der Waals surface area contributed by atoms with E-state index in [4.69, 9.17) is 14.5 Å². The molecule has 7 heteroatoms. The first-order valence-electron chi connectivity index (χ1n) is 10.9. The Balaban J connectivity index is 1.24. The Morgan fingerprint density at radius 1 is 1.03 bits per heavy atom. The second-order valence-electron chi connectivity index (χ2n) is 8.50. The number of pyridine rings is 2. The molecule has 32 heavy (non-hydrogen) atoms. The lowest BCUT2D eigenvalue weighted by molar-refractivity contribution is 0.0892. The first kappa shape index (κ1) is 19.3. The highest BCUT2D eigenvalue weighted by molar-refractivity contribution is 5.66. The van der Waals surface area contributed by atoms with Crippen LogP contribution in [0.15, 0.2) is 67.4 Å². The zero-order valence-electron chi connectivity index (χ0n) is 18.0. The SMILES string of the molecule is CN1CCN(Cc2ccc3c(c2)OCO3)C[C@H]1c1ncn2cc(-c3cccnc3)ccc12. The number of likely N-dealkylation sites (N-methyl/N-ethyl adjacent to an activating group) is 1. The Kier molecular flexibility index (Phi) is 4.78. The molecule has 0 radical (unpaired) electrons. The minimum Gasteiger partial charge on any atom is -0.454 e. The molecule has 3 aromatic heterocycles. The second kappa shape index (κ2) is 7.93. The Hall–Kier alpha value is -3.42. The van der Waals surface area contributed by atoms with Crippen LogP contribution in [0.5, 0.6) is 11.5 Å². The number of hydrogen-bond donors (Lipinski definition) is 0. The molecule has 0 N–H and O–H groups in total. The van der Waals surface area contributed by atoms with Gasteiger partial charge in [0.05, 0.1) is 23.6 Å². The summed E-state index contributed by atoms with van der Waals surface area (Å²) >= 11 is 0. The van der Waals surface area contributed by atoms with Crippen LogP contribution in [0, 0.1) is 0 Å². The van der Waals surface area contributed by atoms with Gasteiger partial charge in [0.1, 0.15) is 0 Å². The van der Waals surface area contributed by atoms with Gasteiger partial charge in [0.15, 0.2) is 11.5 Å². The highest BCUT2D eigenvalue weighted by Crippen LogP contribution is 2.34. The van der Waals surface area contributed by atoms with Crippen LogP contribution in [0.3, 0.4) is 0 Å². The molecule has 1 fully saturated rings. The second-order valence-corrected chi connectivity index (χ2v) is 8.50. The fourth-order valence-electron chi connectivity index (χ4n) is 4.65. The van der Waals surface area contributed by atoms with E-state index in [1.165, 1.54) is 5.56 Å². The summed E-state index contributed by atoms with van der Waals surface area (Å²) in [5.74, 6) is 1.68. The number of nitrogens with zero attached hydrogens (tertiary/aromatic N) is 5. The van der Waals surface area contributed by atoms with Gasteiger partial charge in [-0.25, -0.2) is 4.98 Å². The molecule has 0 unspecified atom stereocenters. The van der Waals surface area contributed by atoms with E-state index < -0.39 is 0 Å². The fraction of sp³-hybridized carbons (Fsp3) is 0.280. The summed E-state index contributed by atoms with van der Waals surface area (Å²) in [6.45, 7) is 4.16. The molecule has 5 heterocycles. The van der Waals surface area contributed by atoms with E-state index in [-0.39, 0.29) is 6.04 Å². The van der Waals surface area contributed by atoms with Gasteiger partial charge in [0.2, 0.25) is 6.79 Å². The maximum Gasteiger partial charge on any atom is 0.231 e. The predicted octanol–water partition coefficient (Wildman–Crippen LogP) is 3.61. The van der Waals surface area contributed by atoms with Crippen LogP contribution in [0.25, 0.3) is 16.6 Å². The maximum atomic E-state index is 5.55. The van der Waals surface area contributed by atoms with Crippen molar-refractivity contribution in [2.24, 2.45) is 0 Å². The zero-order chi connectivity index (χ0) is 21.5. The average molecular weight is 428 g/mol. The van der Waals surface area contributed by atoms with Crippen LogP contribution >= 0.6 is 0 Å². The molecular formula is C25H25N5O2. The summed E-state index contributed by atoms with van der Waals surface area (Å²) < 4.78 is 13.1. The topological polar surface area (TPSA) is 55.1 Å². The quantitative estimate of drug-likeness (QED) is 0.496. The number of ether oxygens (including phenoxy) is 2. The summed E-state index contributed by atoms with van der Waals surface area (Å²) in [4.78, 5) is 14.0. The minimum absolute atomic E-state index is 0.243. The molecule has 0 aliphatic carbocycles. The smallest absolute Gasteiger partial charge is 0.231 e. The highest BCUT2D eigenvalue weighted by atomic mass is 16.7. The molecule has 1 aromatic carbocycles. The first-order valence-corrected chi connectivity index (χ1v) is 10.9. The standard InChI is InChI=1S/C25H25N5O2/c1-28-9-10-29(13-18-4-7-23-24(11-18)32-17-31-23)15-22(28)25-21-6-5-20(14-30(21)16-27-25)19-3-2-8-26-12-19/h2-8,11-12,14,16,22H,9-10,13,15,17H2,1H3/t22-/m0/s1. The lowest BCUT2D eigenvalue weighted by atomic mass is 10.1. The van der Waals surface area contributed by atoms with Crippen LogP contribution in [0.1, 0.15) is 17.3 Å². The molecule has 2 aliphatic rings. The molecule has 1 atom stereocenters. The normalized spacial score (nSPS) is 19.0. The van der Waals surface area contributed by atoms with E-state index in [0.717, 1.165) is 60.0 Å². The van der Waals surface area contributed by atoms with Crippen molar-refractivity contribution < 1.29 is 9.47 Å². The summed E-state index contributed by atoms with van der Waals surface area (Å²) in [6.07, 6.45) is 7.75. The molecule has 7 nitrogen and oxygen atoms in total. The highest BCUT2D eigenvalue weighted by Gasteiger charge is 2.29. The fourth-order valence-corrected chi connectivity index (χ4v) is 4.65. The van der Waals surface area contributed by atoms with E-state index in [9.17, 15) is 0 Å². The summed E-state index contributed by atoms with van der Waals surface area (Å²) in [7, 11) is 2.19. The lowest BCUT2D eigenvalue weighted by Gasteiger charge is -2.39. The van der Waals surface area contributed by atoms with Crippen molar-refractivity contribution in [3.8, 4) is 22.6 Å². The van der Waals surface area contributed by atoms with Crippen LogP contribution in [0.4, 0.5) is 0 Å². The van der Waals surface area contributed by atoms with Crippen LogP contribution < -0.4 is 9.47 Å². The number of rotatable bonds is 4. The van der Waals surface area contributed by atoms with E-state index >= 15 is 0 Å². The van der Waals surface area contributed by atoms with Gasteiger partial charge < -0.3 is 13.9 Å². The summed E-state index contributed by atoms with van der Waals surface area (Å²) in [5, 5.41) is 0. The largest absolute Gasteiger partial charge is 0.454 e. The molecule has 0 saturated carbocycles. The Morgan fingerprint density at radius 3 is 2.88 bits per heavy atom. The van der Waals surface area contributed by atoms with Crippen molar-refractivity contribution in [2.75, 3.05) is 33.5 Å².